The fourth-order valence-electron chi connectivity index (χ4n) is 1.65. The number of nitro benzene ring substituents is 1. The van der Waals surface area contributed by atoms with E-state index in [9.17, 15) is 20.0 Å². The lowest BCUT2D eigenvalue weighted by atomic mass is 10.2. The molecule has 0 heterocycles. The number of carbonyl (C=O) groups excluding carboxylic acids is 1. The minimum Gasteiger partial charge on any atom is -0.501 e. The fourth-order valence-corrected chi connectivity index (χ4v) is 2.24. The number of nitro groups is 1. The first-order chi connectivity index (χ1) is 10.9. The molecule has 2 N–H and O–H groups in total. The minimum atomic E-state index is -0.719. The van der Waals surface area contributed by atoms with Gasteiger partial charge in [-0.3, -0.25) is 14.9 Å². The van der Waals surface area contributed by atoms with Gasteiger partial charge >= 0.3 is 5.69 Å². The van der Waals surface area contributed by atoms with Crippen LogP contribution in [0.25, 0.3) is 0 Å². The number of hydrazone groups is 1. The van der Waals surface area contributed by atoms with E-state index in [0.717, 1.165) is 6.07 Å². The van der Waals surface area contributed by atoms with Crippen molar-refractivity contribution in [2.24, 2.45) is 5.10 Å². The molecule has 0 aliphatic rings. The quantitative estimate of drug-likeness (QED) is 0.467. The smallest absolute Gasteiger partial charge is 0.312 e. The van der Waals surface area contributed by atoms with Crippen LogP contribution >= 0.6 is 27.5 Å². The Morgan fingerprint density at radius 1 is 1.35 bits per heavy atom. The Balaban J connectivity index is 2.13. The number of phenolic OH excluding ortho intramolecular Hbond substituents is 1. The molecular weight excluding hydrogens is 390 g/mol. The van der Waals surface area contributed by atoms with Crippen LogP contribution in [0, 0.1) is 10.1 Å². The molecule has 23 heavy (non-hydrogen) atoms. The number of phenols is 1. The molecule has 0 fully saturated rings. The first-order valence-corrected chi connectivity index (χ1v) is 7.31. The molecule has 9 heteroatoms. The van der Waals surface area contributed by atoms with Crippen LogP contribution in [0.1, 0.15) is 15.9 Å². The zero-order valence-corrected chi connectivity index (χ0v) is 13.7. The Morgan fingerprint density at radius 3 is 2.61 bits per heavy atom. The van der Waals surface area contributed by atoms with Gasteiger partial charge in [-0.1, -0.05) is 11.6 Å². The van der Waals surface area contributed by atoms with Gasteiger partial charge in [-0.05, 0) is 46.3 Å². The molecule has 0 aliphatic carbocycles. The lowest BCUT2D eigenvalue weighted by molar-refractivity contribution is -0.386. The Hall–Kier alpha value is -2.45. The van der Waals surface area contributed by atoms with Gasteiger partial charge in [0.25, 0.3) is 5.91 Å². The Labute approximate surface area is 143 Å². The SMILES string of the molecule is O=C(N/N=C/c1cc(Br)c(O)c([N+](=O)[O-])c1)c1ccc(Cl)cc1. The van der Waals surface area contributed by atoms with E-state index in [2.05, 4.69) is 26.5 Å². The van der Waals surface area contributed by atoms with E-state index in [-0.39, 0.29) is 4.47 Å². The molecule has 0 spiro atoms. The first-order valence-electron chi connectivity index (χ1n) is 6.14. The Morgan fingerprint density at radius 2 is 2.00 bits per heavy atom. The van der Waals surface area contributed by atoms with Gasteiger partial charge < -0.3 is 5.11 Å². The molecule has 7 nitrogen and oxygen atoms in total. The molecule has 0 saturated heterocycles. The van der Waals surface area contributed by atoms with Gasteiger partial charge in [0.2, 0.25) is 5.75 Å². The van der Waals surface area contributed by atoms with Crippen molar-refractivity contribution < 1.29 is 14.8 Å². The Bertz CT molecular complexity index is 793. The maximum atomic E-state index is 11.8. The van der Waals surface area contributed by atoms with Gasteiger partial charge in [-0.15, -0.1) is 0 Å². The van der Waals surface area contributed by atoms with Crippen molar-refractivity contribution in [3.05, 3.63) is 67.1 Å². The average molecular weight is 399 g/mol. The van der Waals surface area contributed by atoms with Crippen molar-refractivity contribution in [3.63, 3.8) is 0 Å². The molecule has 0 bridgehead atoms. The molecule has 0 aliphatic heterocycles. The third kappa shape index (κ3) is 4.27. The number of halogens is 2. The lowest BCUT2D eigenvalue weighted by Gasteiger charge is -2.02. The summed E-state index contributed by atoms with van der Waals surface area (Å²) in [5.41, 5.74) is 2.52. The second-order valence-electron chi connectivity index (χ2n) is 4.33. The zero-order valence-electron chi connectivity index (χ0n) is 11.4. The summed E-state index contributed by atoms with van der Waals surface area (Å²) in [4.78, 5) is 21.9. The second kappa shape index (κ2) is 7.21. The van der Waals surface area contributed by atoms with Crippen molar-refractivity contribution in [2.75, 3.05) is 0 Å². The number of aromatic hydroxyl groups is 1. The minimum absolute atomic E-state index is 0.150. The topological polar surface area (TPSA) is 105 Å². The van der Waals surface area contributed by atoms with E-state index >= 15 is 0 Å². The first kappa shape index (κ1) is 16.9. The van der Waals surface area contributed by atoms with Crippen LogP contribution in [0.3, 0.4) is 0 Å². The molecule has 2 rings (SSSR count). The molecule has 118 valence electrons. The fraction of sp³-hybridized carbons (Fsp3) is 0. The molecule has 0 saturated carbocycles. The predicted octanol–water partition coefficient (Wildman–Crippen LogP) is 3.48. The van der Waals surface area contributed by atoms with Crippen LogP contribution < -0.4 is 5.43 Å². The molecule has 1 amide bonds. The number of rotatable bonds is 4. The van der Waals surface area contributed by atoms with E-state index in [1.807, 2.05) is 0 Å². The molecule has 0 unspecified atom stereocenters. The highest BCUT2D eigenvalue weighted by molar-refractivity contribution is 9.10. The highest BCUT2D eigenvalue weighted by atomic mass is 79.9. The van der Waals surface area contributed by atoms with Gasteiger partial charge in [-0.2, -0.15) is 5.10 Å². The number of amides is 1. The predicted molar refractivity (Wildman–Crippen MR) is 89.0 cm³/mol. The van der Waals surface area contributed by atoms with Crippen LogP contribution in [-0.4, -0.2) is 22.2 Å². The average Bonchev–Trinajstić information content (AvgIpc) is 2.50. The summed E-state index contributed by atoms with van der Waals surface area (Å²) in [5, 5.41) is 24.6. The van der Waals surface area contributed by atoms with Gasteiger partial charge in [0.15, 0.2) is 0 Å². The van der Waals surface area contributed by atoms with Crippen molar-refractivity contribution in [1.82, 2.24) is 5.43 Å². The van der Waals surface area contributed by atoms with Crippen LogP contribution in [0.15, 0.2) is 46.0 Å². The van der Waals surface area contributed by atoms with E-state index < -0.39 is 22.3 Å². The van der Waals surface area contributed by atoms with Gasteiger partial charge in [0.1, 0.15) is 0 Å². The van der Waals surface area contributed by atoms with Crippen molar-refractivity contribution in [1.29, 1.82) is 0 Å². The van der Waals surface area contributed by atoms with Crippen molar-refractivity contribution in [3.8, 4) is 5.75 Å². The third-order valence-electron chi connectivity index (χ3n) is 2.75. The molecular formula is C14H9BrClN3O4. The summed E-state index contributed by atoms with van der Waals surface area (Å²) in [6.07, 6.45) is 1.23. The van der Waals surface area contributed by atoms with Gasteiger partial charge in [0, 0.05) is 22.2 Å². The standard InChI is InChI=1S/C14H9BrClN3O4/c15-11-5-8(6-12(13(11)20)19(22)23)7-17-18-14(21)9-1-3-10(16)4-2-9/h1-7,20H,(H,18,21)/b17-7+. The summed E-state index contributed by atoms with van der Waals surface area (Å²) in [5.74, 6) is -0.928. The summed E-state index contributed by atoms with van der Waals surface area (Å²) in [7, 11) is 0. The van der Waals surface area contributed by atoms with E-state index in [1.54, 1.807) is 12.1 Å². The maximum absolute atomic E-state index is 11.8. The molecule has 0 atom stereocenters. The number of hydrogen-bond acceptors (Lipinski definition) is 5. The summed E-state index contributed by atoms with van der Waals surface area (Å²) in [6.45, 7) is 0. The molecule has 0 radical (unpaired) electrons. The number of hydrogen-bond donors (Lipinski definition) is 2. The van der Waals surface area contributed by atoms with Crippen LogP contribution in [0.2, 0.25) is 5.02 Å². The summed E-state index contributed by atoms with van der Waals surface area (Å²) >= 11 is 8.74. The zero-order chi connectivity index (χ0) is 17.0. The third-order valence-corrected chi connectivity index (χ3v) is 3.60. The van der Waals surface area contributed by atoms with Gasteiger partial charge in [0.05, 0.1) is 15.6 Å². The van der Waals surface area contributed by atoms with Crippen molar-refractivity contribution in [2.45, 2.75) is 0 Å². The highest BCUT2D eigenvalue weighted by Crippen LogP contribution is 2.34. The lowest BCUT2D eigenvalue weighted by Crippen LogP contribution is -2.17. The van der Waals surface area contributed by atoms with Crippen molar-refractivity contribution >= 4 is 45.3 Å². The molecule has 2 aromatic carbocycles. The van der Waals surface area contributed by atoms with Crippen LogP contribution in [0.5, 0.6) is 5.75 Å². The van der Waals surface area contributed by atoms with E-state index in [4.69, 9.17) is 11.6 Å². The van der Waals surface area contributed by atoms with E-state index in [1.165, 1.54) is 24.4 Å². The molecule has 0 aromatic heterocycles. The van der Waals surface area contributed by atoms with Gasteiger partial charge in [-0.25, -0.2) is 5.43 Å². The number of nitrogens with one attached hydrogen (secondary N) is 1. The number of nitrogens with zero attached hydrogens (tertiary/aromatic N) is 2. The summed E-state index contributed by atoms with van der Waals surface area (Å²) in [6, 6.07) is 8.78. The molecule has 2 aromatic rings. The van der Waals surface area contributed by atoms with E-state index in [0.29, 0.717) is 16.1 Å². The highest BCUT2D eigenvalue weighted by Gasteiger charge is 2.17. The monoisotopic (exact) mass is 397 g/mol. The summed E-state index contributed by atoms with van der Waals surface area (Å²) < 4.78 is 0.150. The van der Waals surface area contributed by atoms with Crippen LogP contribution in [-0.2, 0) is 0 Å². The number of carbonyl (C=O) groups is 1. The number of benzene rings is 2. The second-order valence-corrected chi connectivity index (χ2v) is 5.62. The maximum Gasteiger partial charge on any atom is 0.312 e. The largest absolute Gasteiger partial charge is 0.501 e. The normalized spacial score (nSPS) is 10.7. The van der Waals surface area contributed by atoms with Crippen LogP contribution in [0.4, 0.5) is 5.69 Å². The Kier molecular flexibility index (Phi) is 5.30.